The van der Waals surface area contributed by atoms with Gasteiger partial charge in [0.2, 0.25) is 0 Å². The predicted molar refractivity (Wildman–Crippen MR) is 113 cm³/mol. The third kappa shape index (κ3) is 5.02. The Balaban J connectivity index is 1.78. The number of anilines is 1. The van der Waals surface area contributed by atoms with Gasteiger partial charge in [-0.05, 0) is 36.4 Å². The first-order valence-corrected chi connectivity index (χ1v) is 9.53. The molecule has 3 aromatic rings. The van der Waals surface area contributed by atoms with Crippen LogP contribution in [-0.4, -0.2) is 7.11 Å². The summed E-state index contributed by atoms with van der Waals surface area (Å²) in [6, 6.07) is 15.3. The van der Waals surface area contributed by atoms with E-state index in [1.165, 1.54) is 12.1 Å². The van der Waals surface area contributed by atoms with E-state index in [0.717, 1.165) is 11.1 Å². The van der Waals surface area contributed by atoms with Crippen LogP contribution in [-0.2, 0) is 13.2 Å². The molecule has 0 aliphatic rings. The normalized spacial score (nSPS) is 10.6. The fraction of sp³-hybridized carbons (Fsp3) is 0.143. The minimum Gasteiger partial charge on any atom is -0.493 e. The molecule has 0 bridgehead atoms. The molecule has 0 spiro atoms. The first kappa shape index (κ1) is 20.6. The van der Waals surface area contributed by atoms with Crippen LogP contribution in [0.15, 0.2) is 54.6 Å². The van der Waals surface area contributed by atoms with Gasteiger partial charge in [0.25, 0.3) is 0 Å². The van der Waals surface area contributed by atoms with Gasteiger partial charge in [-0.1, -0.05) is 53.0 Å². The maximum absolute atomic E-state index is 13.3. The topological polar surface area (TPSA) is 30.5 Å². The molecule has 0 fully saturated rings. The Bertz CT molecular complexity index is 982. The number of hydrogen-bond donors (Lipinski definition) is 1. The van der Waals surface area contributed by atoms with Crippen LogP contribution in [0.3, 0.4) is 0 Å². The lowest BCUT2D eigenvalue weighted by molar-refractivity contribution is 0.282. The number of benzene rings is 3. The van der Waals surface area contributed by atoms with E-state index in [9.17, 15) is 4.39 Å². The largest absolute Gasteiger partial charge is 0.493 e. The van der Waals surface area contributed by atoms with Gasteiger partial charge >= 0.3 is 0 Å². The van der Waals surface area contributed by atoms with E-state index in [1.807, 2.05) is 24.3 Å². The minimum absolute atomic E-state index is 0.0597. The SMILES string of the molecule is COc1cccc(CNc2ccc(F)c(Cl)c2)c1OCc1ccc(Cl)cc1Cl. The van der Waals surface area contributed by atoms with E-state index < -0.39 is 5.82 Å². The maximum Gasteiger partial charge on any atom is 0.166 e. The number of hydrogen-bond acceptors (Lipinski definition) is 3. The summed E-state index contributed by atoms with van der Waals surface area (Å²) in [5, 5.41) is 4.36. The fourth-order valence-corrected chi connectivity index (χ4v) is 3.26. The van der Waals surface area contributed by atoms with Gasteiger partial charge in [-0.3, -0.25) is 0 Å². The van der Waals surface area contributed by atoms with Gasteiger partial charge in [0, 0.05) is 33.4 Å². The maximum atomic E-state index is 13.3. The summed E-state index contributed by atoms with van der Waals surface area (Å²) in [6.07, 6.45) is 0. The first-order valence-electron chi connectivity index (χ1n) is 8.39. The number of methoxy groups -OCH3 is 1. The predicted octanol–water partition coefficient (Wildman–Crippen LogP) is 6.99. The lowest BCUT2D eigenvalue weighted by Gasteiger charge is -2.16. The number of ether oxygens (including phenoxy) is 2. The van der Waals surface area contributed by atoms with Gasteiger partial charge in [-0.2, -0.15) is 0 Å². The van der Waals surface area contributed by atoms with Crippen LogP contribution in [0.25, 0.3) is 0 Å². The summed E-state index contributed by atoms with van der Waals surface area (Å²) in [6.45, 7) is 0.689. The van der Waals surface area contributed by atoms with Gasteiger partial charge in [0.05, 0.1) is 12.1 Å². The van der Waals surface area contributed by atoms with Crippen LogP contribution >= 0.6 is 34.8 Å². The molecule has 0 aliphatic heterocycles. The number of para-hydroxylation sites is 1. The summed E-state index contributed by atoms with van der Waals surface area (Å²) in [4.78, 5) is 0. The molecule has 28 heavy (non-hydrogen) atoms. The van der Waals surface area contributed by atoms with E-state index in [2.05, 4.69) is 5.32 Å². The third-order valence-corrected chi connectivity index (χ3v) is 4.95. The van der Waals surface area contributed by atoms with Crippen molar-refractivity contribution in [1.82, 2.24) is 0 Å². The third-order valence-electron chi connectivity index (χ3n) is 4.07. The van der Waals surface area contributed by atoms with Crippen molar-refractivity contribution in [2.75, 3.05) is 12.4 Å². The Kier molecular flexibility index (Phi) is 6.89. The zero-order chi connectivity index (χ0) is 20.1. The Hall–Kier alpha value is -2.14. The average molecular weight is 441 g/mol. The average Bonchev–Trinajstić information content (AvgIpc) is 2.68. The summed E-state index contributed by atoms with van der Waals surface area (Å²) >= 11 is 18.0. The lowest BCUT2D eigenvalue weighted by atomic mass is 10.1. The highest BCUT2D eigenvalue weighted by atomic mass is 35.5. The second kappa shape index (κ2) is 9.37. The van der Waals surface area contributed by atoms with Crippen molar-refractivity contribution in [2.24, 2.45) is 0 Å². The molecule has 0 heterocycles. The minimum atomic E-state index is -0.461. The smallest absolute Gasteiger partial charge is 0.166 e. The Morgan fingerprint density at radius 2 is 1.75 bits per heavy atom. The van der Waals surface area contributed by atoms with E-state index in [4.69, 9.17) is 44.3 Å². The number of nitrogens with one attached hydrogen (secondary N) is 1. The van der Waals surface area contributed by atoms with E-state index in [-0.39, 0.29) is 11.6 Å². The summed E-state index contributed by atoms with van der Waals surface area (Å²) in [5.41, 5.74) is 2.37. The zero-order valence-electron chi connectivity index (χ0n) is 14.9. The second-order valence-corrected chi connectivity index (χ2v) is 7.21. The van der Waals surface area contributed by atoms with Crippen LogP contribution in [0.5, 0.6) is 11.5 Å². The van der Waals surface area contributed by atoms with Crippen LogP contribution in [0.4, 0.5) is 10.1 Å². The van der Waals surface area contributed by atoms with Crippen molar-refractivity contribution in [3.05, 3.63) is 86.6 Å². The molecule has 1 N–H and O–H groups in total. The molecular weight excluding hydrogens is 424 g/mol. The molecule has 0 aliphatic carbocycles. The molecule has 0 saturated heterocycles. The quantitative estimate of drug-likeness (QED) is 0.429. The van der Waals surface area contributed by atoms with Crippen molar-refractivity contribution < 1.29 is 13.9 Å². The van der Waals surface area contributed by atoms with Crippen molar-refractivity contribution in [1.29, 1.82) is 0 Å². The molecule has 3 nitrogen and oxygen atoms in total. The number of rotatable bonds is 7. The van der Waals surface area contributed by atoms with Gasteiger partial charge in [-0.15, -0.1) is 0 Å². The highest BCUT2D eigenvalue weighted by Crippen LogP contribution is 2.33. The molecule has 0 unspecified atom stereocenters. The van der Waals surface area contributed by atoms with Gasteiger partial charge in [-0.25, -0.2) is 4.39 Å². The highest BCUT2D eigenvalue weighted by Gasteiger charge is 2.12. The Labute approximate surface area is 177 Å². The second-order valence-electron chi connectivity index (χ2n) is 5.96. The van der Waals surface area contributed by atoms with E-state index >= 15 is 0 Å². The van der Waals surface area contributed by atoms with Crippen molar-refractivity contribution >= 4 is 40.5 Å². The van der Waals surface area contributed by atoms with Crippen LogP contribution < -0.4 is 14.8 Å². The molecule has 3 rings (SSSR count). The van der Waals surface area contributed by atoms with Crippen molar-refractivity contribution in [3.63, 3.8) is 0 Å². The molecule has 0 aromatic heterocycles. The molecule has 0 amide bonds. The molecule has 0 saturated carbocycles. The Morgan fingerprint density at radius 3 is 2.46 bits per heavy atom. The summed E-state index contributed by atoms with van der Waals surface area (Å²) < 4.78 is 24.8. The molecule has 0 radical (unpaired) electrons. The Morgan fingerprint density at radius 1 is 0.929 bits per heavy atom. The zero-order valence-corrected chi connectivity index (χ0v) is 17.2. The van der Waals surface area contributed by atoms with Crippen molar-refractivity contribution in [3.8, 4) is 11.5 Å². The standard InChI is InChI=1S/C21H17Cl3FNO2/c1-27-20-4-2-3-13(11-26-16-7-8-19(25)18(24)10-16)21(20)28-12-14-5-6-15(22)9-17(14)23/h2-10,26H,11-12H2,1H3. The van der Waals surface area contributed by atoms with Crippen molar-refractivity contribution in [2.45, 2.75) is 13.2 Å². The lowest BCUT2D eigenvalue weighted by Crippen LogP contribution is -2.05. The van der Waals surface area contributed by atoms with Crippen LogP contribution in [0.2, 0.25) is 15.1 Å². The number of halogens is 4. The van der Waals surface area contributed by atoms with E-state index in [1.54, 1.807) is 25.3 Å². The molecule has 0 atom stereocenters. The van der Waals surface area contributed by atoms with E-state index in [0.29, 0.717) is 33.8 Å². The highest BCUT2D eigenvalue weighted by molar-refractivity contribution is 6.35. The van der Waals surface area contributed by atoms with Gasteiger partial charge in [0.1, 0.15) is 12.4 Å². The molecular formula is C21H17Cl3FNO2. The molecule has 3 aromatic carbocycles. The fourth-order valence-electron chi connectivity index (χ4n) is 2.62. The first-order chi connectivity index (χ1) is 13.5. The summed E-state index contributed by atoms with van der Waals surface area (Å²) in [5.74, 6) is 0.732. The van der Waals surface area contributed by atoms with Gasteiger partial charge < -0.3 is 14.8 Å². The van der Waals surface area contributed by atoms with Crippen LogP contribution in [0, 0.1) is 5.82 Å². The monoisotopic (exact) mass is 439 g/mol. The van der Waals surface area contributed by atoms with Gasteiger partial charge in [0.15, 0.2) is 11.5 Å². The van der Waals surface area contributed by atoms with Crippen LogP contribution in [0.1, 0.15) is 11.1 Å². The molecule has 7 heteroatoms. The summed E-state index contributed by atoms with van der Waals surface area (Å²) in [7, 11) is 1.58. The molecule has 146 valence electrons.